The molecule has 0 heterocycles. The van der Waals surface area contributed by atoms with Crippen LogP contribution < -0.4 is 27.4 Å². The van der Waals surface area contributed by atoms with E-state index in [1.54, 1.807) is 12.1 Å². The first kappa shape index (κ1) is 25.7. The van der Waals surface area contributed by atoms with E-state index < -0.39 is 60.7 Å². The van der Waals surface area contributed by atoms with Crippen molar-refractivity contribution in [1.29, 1.82) is 0 Å². The molecule has 12 nitrogen and oxygen atoms in total. The van der Waals surface area contributed by atoms with E-state index in [2.05, 4.69) is 28.6 Å². The number of phenolic OH excluding ortho intramolecular Hbond substituents is 1. The zero-order valence-corrected chi connectivity index (χ0v) is 17.3. The van der Waals surface area contributed by atoms with Crippen molar-refractivity contribution < 1.29 is 34.2 Å². The molecule has 31 heavy (non-hydrogen) atoms. The van der Waals surface area contributed by atoms with E-state index in [4.69, 9.17) is 16.6 Å². The number of nitrogens with two attached hydrogens (primary N) is 2. The summed E-state index contributed by atoms with van der Waals surface area (Å²) in [7, 11) is 0. The zero-order chi connectivity index (χ0) is 23.6. The Morgan fingerprint density at radius 1 is 1.00 bits per heavy atom. The number of carbonyl (C=O) groups excluding carboxylic acids is 4. The summed E-state index contributed by atoms with van der Waals surface area (Å²) in [5, 5.41) is 24.8. The van der Waals surface area contributed by atoms with Crippen LogP contribution in [0.5, 0.6) is 5.75 Å². The van der Waals surface area contributed by atoms with Gasteiger partial charge in [-0.15, -0.1) is 0 Å². The fraction of sp³-hybridized carbons (Fsp3) is 0.389. The number of thiol groups is 1. The molecule has 0 bridgehead atoms. The fourth-order valence-electron chi connectivity index (χ4n) is 2.39. The van der Waals surface area contributed by atoms with Crippen LogP contribution in [-0.2, 0) is 30.4 Å². The fourth-order valence-corrected chi connectivity index (χ4v) is 2.64. The maximum absolute atomic E-state index is 12.3. The molecule has 3 atom stereocenters. The minimum Gasteiger partial charge on any atom is -0.508 e. The smallest absolute Gasteiger partial charge is 0.327 e. The van der Waals surface area contributed by atoms with Gasteiger partial charge in [-0.05, 0) is 24.1 Å². The zero-order valence-electron chi connectivity index (χ0n) is 16.4. The summed E-state index contributed by atoms with van der Waals surface area (Å²) in [6, 6.07) is 2.31. The molecule has 0 saturated carbocycles. The molecule has 0 fully saturated rings. The highest BCUT2D eigenvalue weighted by Gasteiger charge is 2.26. The number of carboxylic acids is 1. The second-order valence-electron chi connectivity index (χ2n) is 6.57. The lowest BCUT2D eigenvalue weighted by molar-refractivity contribution is -0.141. The van der Waals surface area contributed by atoms with Gasteiger partial charge in [0.05, 0.1) is 19.0 Å². The molecule has 0 aliphatic heterocycles. The molecule has 1 aromatic rings. The second kappa shape index (κ2) is 12.4. The minimum absolute atomic E-state index is 0.0491. The predicted molar refractivity (Wildman–Crippen MR) is 112 cm³/mol. The molecule has 0 radical (unpaired) electrons. The van der Waals surface area contributed by atoms with Crippen molar-refractivity contribution in [2.75, 3.05) is 12.3 Å². The van der Waals surface area contributed by atoms with E-state index in [1.807, 2.05) is 0 Å². The van der Waals surface area contributed by atoms with Crippen molar-refractivity contribution in [1.82, 2.24) is 16.0 Å². The number of carboxylic acid groups (broad SMARTS) is 1. The summed E-state index contributed by atoms with van der Waals surface area (Å²) < 4.78 is 0. The third-order valence-electron chi connectivity index (χ3n) is 4.01. The van der Waals surface area contributed by atoms with Crippen molar-refractivity contribution in [2.45, 2.75) is 31.0 Å². The number of phenols is 1. The van der Waals surface area contributed by atoms with Crippen LogP contribution in [-0.4, -0.2) is 70.2 Å². The summed E-state index contributed by atoms with van der Waals surface area (Å²) in [5.74, 6) is -4.70. The summed E-state index contributed by atoms with van der Waals surface area (Å²) in [6.07, 6.45) is -0.445. The molecule has 3 unspecified atom stereocenters. The van der Waals surface area contributed by atoms with Crippen LogP contribution >= 0.6 is 12.6 Å². The largest absolute Gasteiger partial charge is 0.508 e. The van der Waals surface area contributed by atoms with E-state index in [0.717, 1.165) is 0 Å². The number of amides is 4. The summed E-state index contributed by atoms with van der Waals surface area (Å²) in [6.45, 7) is -0.596. The molecule has 0 aliphatic carbocycles. The molecule has 0 saturated heterocycles. The van der Waals surface area contributed by atoms with Gasteiger partial charge in [0.2, 0.25) is 23.6 Å². The summed E-state index contributed by atoms with van der Waals surface area (Å²) in [4.78, 5) is 58.6. The summed E-state index contributed by atoms with van der Waals surface area (Å²) >= 11 is 3.80. The van der Waals surface area contributed by atoms with Crippen LogP contribution in [0.4, 0.5) is 0 Å². The minimum atomic E-state index is -1.39. The molecule has 170 valence electrons. The van der Waals surface area contributed by atoms with Crippen molar-refractivity contribution in [2.24, 2.45) is 11.5 Å². The highest BCUT2D eigenvalue weighted by molar-refractivity contribution is 7.80. The first-order valence-electron chi connectivity index (χ1n) is 9.06. The van der Waals surface area contributed by atoms with Gasteiger partial charge in [0.15, 0.2) is 0 Å². The van der Waals surface area contributed by atoms with Crippen molar-refractivity contribution in [3.05, 3.63) is 29.8 Å². The number of carbonyl (C=O) groups is 5. The van der Waals surface area contributed by atoms with E-state index in [-0.39, 0.29) is 17.9 Å². The number of hydrogen-bond acceptors (Lipinski definition) is 8. The maximum Gasteiger partial charge on any atom is 0.327 e. The summed E-state index contributed by atoms with van der Waals surface area (Å²) in [5.41, 5.74) is 11.6. The van der Waals surface area contributed by atoms with Crippen LogP contribution in [0, 0.1) is 0 Å². The van der Waals surface area contributed by atoms with Gasteiger partial charge in [-0.3, -0.25) is 19.2 Å². The first-order valence-corrected chi connectivity index (χ1v) is 9.69. The van der Waals surface area contributed by atoms with Crippen LogP contribution in [0.3, 0.4) is 0 Å². The predicted octanol–water partition coefficient (Wildman–Crippen LogP) is -2.76. The molecule has 1 aromatic carbocycles. The van der Waals surface area contributed by atoms with Crippen molar-refractivity contribution in [3.63, 3.8) is 0 Å². The highest BCUT2D eigenvalue weighted by atomic mass is 32.1. The lowest BCUT2D eigenvalue weighted by Gasteiger charge is -2.20. The third kappa shape index (κ3) is 9.35. The van der Waals surface area contributed by atoms with Crippen molar-refractivity contribution in [3.8, 4) is 5.75 Å². The Bertz CT molecular complexity index is 818. The second-order valence-corrected chi connectivity index (χ2v) is 6.93. The average molecular weight is 455 g/mol. The number of primary amides is 1. The quantitative estimate of drug-likeness (QED) is 0.154. The van der Waals surface area contributed by atoms with Gasteiger partial charge in [0.1, 0.15) is 17.8 Å². The van der Waals surface area contributed by atoms with E-state index >= 15 is 0 Å². The van der Waals surface area contributed by atoms with Gasteiger partial charge in [-0.2, -0.15) is 12.6 Å². The Morgan fingerprint density at radius 2 is 1.61 bits per heavy atom. The Morgan fingerprint density at radius 3 is 2.13 bits per heavy atom. The van der Waals surface area contributed by atoms with E-state index in [1.165, 1.54) is 12.1 Å². The lowest BCUT2D eigenvalue weighted by Crippen LogP contribution is -2.54. The highest BCUT2D eigenvalue weighted by Crippen LogP contribution is 2.11. The molecule has 9 N–H and O–H groups in total. The van der Waals surface area contributed by atoms with Crippen LogP contribution in [0.25, 0.3) is 0 Å². The Balaban J connectivity index is 2.67. The standard InChI is InChI=1S/C18H25N5O7S/c19-11(5-9-1-3-10(24)4-2-9)16(27)23-12(6-14(20)25)17(28)21-7-15(26)22-13(8-31)18(29)30/h1-4,11-13,24,31H,5-8,19H2,(H2,20,25)(H,21,28)(H,22,26)(H,23,27)(H,29,30). The molecular formula is C18H25N5O7S. The first-order chi connectivity index (χ1) is 14.5. The van der Waals surface area contributed by atoms with Crippen molar-refractivity contribution >= 4 is 42.2 Å². The van der Waals surface area contributed by atoms with Gasteiger partial charge < -0.3 is 37.6 Å². The Hall–Kier alpha value is -3.32. The number of aromatic hydroxyl groups is 1. The average Bonchev–Trinajstić information content (AvgIpc) is 2.70. The molecule has 1 rings (SSSR count). The molecule has 13 heteroatoms. The van der Waals surface area contributed by atoms with Gasteiger partial charge in [-0.1, -0.05) is 12.1 Å². The van der Waals surface area contributed by atoms with Gasteiger partial charge >= 0.3 is 5.97 Å². The maximum atomic E-state index is 12.3. The number of nitrogens with one attached hydrogen (secondary N) is 3. The van der Waals surface area contributed by atoms with Gasteiger partial charge in [-0.25, -0.2) is 4.79 Å². The van der Waals surface area contributed by atoms with Crippen LogP contribution in [0.2, 0.25) is 0 Å². The lowest BCUT2D eigenvalue weighted by atomic mass is 10.0. The Kier molecular flexibility index (Phi) is 10.3. The monoisotopic (exact) mass is 455 g/mol. The normalized spacial score (nSPS) is 13.4. The molecule has 0 spiro atoms. The molecule has 4 amide bonds. The van der Waals surface area contributed by atoms with Gasteiger partial charge in [0.25, 0.3) is 0 Å². The topological polar surface area (TPSA) is 214 Å². The van der Waals surface area contributed by atoms with Gasteiger partial charge in [0, 0.05) is 5.75 Å². The van der Waals surface area contributed by atoms with Crippen LogP contribution in [0.15, 0.2) is 24.3 Å². The molecular weight excluding hydrogens is 430 g/mol. The van der Waals surface area contributed by atoms with E-state index in [9.17, 15) is 29.1 Å². The molecule has 0 aromatic heterocycles. The number of rotatable bonds is 12. The molecule has 0 aliphatic rings. The number of benzene rings is 1. The van der Waals surface area contributed by atoms with Crippen LogP contribution in [0.1, 0.15) is 12.0 Å². The SMILES string of the molecule is NC(=O)CC(NC(=O)C(N)Cc1ccc(O)cc1)C(=O)NCC(=O)NC(CS)C(=O)O. The third-order valence-corrected chi connectivity index (χ3v) is 4.37. The van der Waals surface area contributed by atoms with E-state index in [0.29, 0.717) is 5.56 Å². The number of hydrogen-bond donors (Lipinski definition) is 8. The number of aliphatic carboxylic acids is 1. The Labute approximate surface area is 183 Å².